The second-order valence-corrected chi connectivity index (χ2v) is 5.65. The van der Waals surface area contributed by atoms with E-state index in [4.69, 9.17) is 0 Å². The van der Waals surface area contributed by atoms with Crippen LogP contribution in [0.15, 0.2) is 18.2 Å². The number of hydrogen-bond acceptors (Lipinski definition) is 3. The van der Waals surface area contributed by atoms with Gasteiger partial charge in [-0.05, 0) is 55.4 Å². The first kappa shape index (κ1) is 12.5. The Labute approximate surface area is 113 Å². The number of aliphatic hydroxyl groups excluding tert-OH is 1. The van der Waals surface area contributed by atoms with E-state index >= 15 is 0 Å². The Kier molecular flexibility index (Phi) is 3.42. The maximum absolute atomic E-state index is 11.3. The molecule has 1 aliphatic heterocycles. The van der Waals surface area contributed by atoms with Crippen LogP contribution < -0.4 is 10.6 Å². The molecule has 0 unspecified atom stereocenters. The number of aliphatic hydroxyl groups is 1. The second kappa shape index (κ2) is 5.21. The summed E-state index contributed by atoms with van der Waals surface area (Å²) in [5.41, 5.74) is 3.10. The summed E-state index contributed by atoms with van der Waals surface area (Å²) < 4.78 is 0. The molecule has 1 saturated carbocycles. The van der Waals surface area contributed by atoms with Crippen molar-refractivity contribution in [2.75, 3.05) is 17.2 Å². The van der Waals surface area contributed by atoms with E-state index < -0.39 is 0 Å². The van der Waals surface area contributed by atoms with E-state index in [1.165, 1.54) is 0 Å². The smallest absolute Gasteiger partial charge is 0.228 e. The zero-order chi connectivity index (χ0) is 13.2. The summed E-state index contributed by atoms with van der Waals surface area (Å²) in [5, 5.41) is 15.8. The summed E-state index contributed by atoms with van der Waals surface area (Å²) in [6, 6.07) is 6.04. The van der Waals surface area contributed by atoms with E-state index in [9.17, 15) is 9.90 Å². The number of rotatable bonds is 3. The predicted octanol–water partition coefficient (Wildman–Crippen LogP) is 2.14. The van der Waals surface area contributed by atoms with Crippen LogP contribution in [-0.4, -0.2) is 23.7 Å². The summed E-state index contributed by atoms with van der Waals surface area (Å²) in [6.07, 6.45) is 4.44. The minimum Gasteiger partial charge on any atom is -0.393 e. The number of anilines is 2. The molecule has 102 valence electrons. The molecule has 0 spiro atoms. The van der Waals surface area contributed by atoms with Crippen molar-refractivity contribution >= 4 is 17.3 Å². The van der Waals surface area contributed by atoms with Gasteiger partial charge < -0.3 is 15.7 Å². The van der Waals surface area contributed by atoms with Gasteiger partial charge in [0.25, 0.3) is 0 Å². The number of carbonyl (C=O) groups is 1. The number of carbonyl (C=O) groups excluding carboxylic acids is 1. The van der Waals surface area contributed by atoms with E-state index in [2.05, 4.69) is 16.7 Å². The van der Waals surface area contributed by atoms with Gasteiger partial charge in [-0.25, -0.2) is 0 Å². The van der Waals surface area contributed by atoms with Crippen molar-refractivity contribution < 1.29 is 9.90 Å². The van der Waals surface area contributed by atoms with Crippen LogP contribution in [0.25, 0.3) is 0 Å². The molecule has 4 nitrogen and oxygen atoms in total. The Morgan fingerprint density at radius 3 is 2.84 bits per heavy atom. The fraction of sp³-hybridized carbons (Fsp3) is 0.533. The molecule has 1 aliphatic carbocycles. The third kappa shape index (κ3) is 2.89. The third-order valence-corrected chi connectivity index (χ3v) is 4.14. The lowest BCUT2D eigenvalue weighted by Gasteiger charge is -2.25. The van der Waals surface area contributed by atoms with Gasteiger partial charge in [0.1, 0.15) is 0 Å². The largest absolute Gasteiger partial charge is 0.393 e. The standard InChI is InChI=1S/C15H20N2O2/c18-13-4-1-10(2-5-13)9-16-12-3-6-14-11(7-12)8-15(19)17-14/h3,6-7,10,13,16,18H,1-2,4-5,8-9H2,(H,17,19). The van der Waals surface area contributed by atoms with E-state index in [1.54, 1.807) is 0 Å². The van der Waals surface area contributed by atoms with E-state index in [1.807, 2.05) is 12.1 Å². The Morgan fingerprint density at radius 2 is 2.05 bits per heavy atom. The minimum absolute atomic E-state index is 0.0772. The van der Waals surface area contributed by atoms with Crippen molar-refractivity contribution in [1.82, 2.24) is 0 Å². The lowest BCUT2D eigenvalue weighted by Crippen LogP contribution is -2.23. The highest BCUT2D eigenvalue weighted by Gasteiger charge is 2.20. The van der Waals surface area contributed by atoms with Crippen molar-refractivity contribution in [1.29, 1.82) is 0 Å². The molecule has 1 heterocycles. The topological polar surface area (TPSA) is 61.4 Å². The Morgan fingerprint density at radius 1 is 1.26 bits per heavy atom. The fourth-order valence-electron chi connectivity index (χ4n) is 2.95. The first-order valence-electron chi connectivity index (χ1n) is 7.05. The van der Waals surface area contributed by atoms with Gasteiger partial charge in [0.15, 0.2) is 0 Å². The molecular weight excluding hydrogens is 240 g/mol. The van der Waals surface area contributed by atoms with Gasteiger partial charge in [-0.2, -0.15) is 0 Å². The normalized spacial score (nSPS) is 25.8. The summed E-state index contributed by atoms with van der Waals surface area (Å²) in [6.45, 7) is 0.951. The maximum Gasteiger partial charge on any atom is 0.228 e. The van der Waals surface area contributed by atoms with Crippen molar-refractivity contribution in [3.05, 3.63) is 23.8 Å². The fourth-order valence-corrected chi connectivity index (χ4v) is 2.95. The summed E-state index contributed by atoms with van der Waals surface area (Å²) in [7, 11) is 0. The number of fused-ring (bicyclic) bond motifs is 1. The Hall–Kier alpha value is -1.55. The number of amides is 1. The molecule has 0 aromatic heterocycles. The van der Waals surface area contributed by atoms with Crippen LogP contribution in [0.4, 0.5) is 11.4 Å². The van der Waals surface area contributed by atoms with Gasteiger partial charge in [-0.3, -0.25) is 4.79 Å². The molecule has 1 amide bonds. The first-order chi connectivity index (χ1) is 9.20. The summed E-state index contributed by atoms with van der Waals surface area (Å²) in [4.78, 5) is 11.3. The molecular formula is C15H20N2O2. The molecule has 1 aromatic carbocycles. The number of hydrogen-bond donors (Lipinski definition) is 3. The highest BCUT2D eigenvalue weighted by Crippen LogP contribution is 2.28. The second-order valence-electron chi connectivity index (χ2n) is 5.65. The quantitative estimate of drug-likeness (QED) is 0.780. The van der Waals surface area contributed by atoms with Gasteiger partial charge in [0, 0.05) is 17.9 Å². The molecule has 0 bridgehead atoms. The Balaban J connectivity index is 1.56. The first-order valence-corrected chi connectivity index (χ1v) is 7.05. The van der Waals surface area contributed by atoms with Crippen LogP contribution in [-0.2, 0) is 11.2 Å². The minimum atomic E-state index is -0.0895. The van der Waals surface area contributed by atoms with Gasteiger partial charge in [0.2, 0.25) is 5.91 Å². The molecule has 3 N–H and O–H groups in total. The van der Waals surface area contributed by atoms with Crippen LogP contribution in [0, 0.1) is 5.92 Å². The molecule has 0 radical (unpaired) electrons. The van der Waals surface area contributed by atoms with Crippen molar-refractivity contribution in [3.63, 3.8) is 0 Å². The average Bonchev–Trinajstić information content (AvgIpc) is 2.77. The van der Waals surface area contributed by atoms with Crippen LogP contribution >= 0.6 is 0 Å². The molecule has 4 heteroatoms. The predicted molar refractivity (Wildman–Crippen MR) is 75.2 cm³/mol. The highest BCUT2D eigenvalue weighted by molar-refractivity contribution is 5.99. The van der Waals surface area contributed by atoms with Crippen molar-refractivity contribution in [3.8, 4) is 0 Å². The van der Waals surface area contributed by atoms with Gasteiger partial charge in [-0.1, -0.05) is 0 Å². The summed E-state index contributed by atoms with van der Waals surface area (Å²) >= 11 is 0. The number of benzene rings is 1. The molecule has 2 aliphatic rings. The maximum atomic E-state index is 11.3. The lowest BCUT2D eigenvalue weighted by atomic mass is 9.87. The monoisotopic (exact) mass is 260 g/mol. The highest BCUT2D eigenvalue weighted by atomic mass is 16.3. The molecule has 19 heavy (non-hydrogen) atoms. The van der Waals surface area contributed by atoms with Crippen molar-refractivity contribution in [2.24, 2.45) is 5.92 Å². The summed E-state index contributed by atoms with van der Waals surface area (Å²) in [5.74, 6) is 0.727. The molecule has 3 rings (SSSR count). The molecule has 1 fully saturated rings. The van der Waals surface area contributed by atoms with Crippen molar-refractivity contribution in [2.45, 2.75) is 38.2 Å². The zero-order valence-electron chi connectivity index (χ0n) is 11.0. The molecule has 1 aromatic rings. The van der Waals surface area contributed by atoms with E-state index in [-0.39, 0.29) is 12.0 Å². The van der Waals surface area contributed by atoms with Gasteiger partial charge >= 0.3 is 0 Å². The van der Waals surface area contributed by atoms with Gasteiger partial charge in [0.05, 0.1) is 12.5 Å². The lowest BCUT2D eigenvalue weighted by molar-refractivity contribution is -0.115. The van der Waals surface area contributed by atoms with Crippen LogP contribution in [0.5, 0.6) is 0 Å². The number of nitrogens with one attached hydrogen (secondary N) is 2. The zero-order valence-corrected chi connectivity index (χ0v) is 11.0. The molecule has 0 atom stereocenters. The average molecular weight is 260 g/mol. The SMILES string of the molecule is O=C1Cc2cc(NCC3CCC(O)CC3)ccc2N1. The third-order valence-electron chi connectivity index (χ3n) is 4.14. The van der Waals surface area contributed by atoms with Gasteiger partial charge in [-0.15, -0.1) is 0 Å². The molecule has 0 saturated heterocycles. The van der Waals surface area contributed by atoms with E-state index in [0.717, 1.165) is 49.2 Å². The Bertz CT molecular complexity index is 479. The van der Waals surface area contributed by atoms with Crippen LogP contribution in [0.3, 0.4) is 0 Å². The van der Waals surface area contributed by atoms with Crippen LogP contribution in [0.2, 0.25) is 0 Å². The van der Waals surface area contributed by atoms with E-state index in [0.29, 0.717) is 12.3 Å². The van der Waals surface area contributed by atoms with Crippen LogP contribution in [0.1, 0.15) is 31.2 Å².